The number of ether oxygens (including phenoxy) is 1. The Balaban J connectivity index is 1.50. The number of aldehydes is 1. The summed E-state index contributed by atoms with van der Waals surface area (Å²) in [4.78, 5) is 25.5. The van der Waals surface area contributed by atoms with E-state index >= 15 is 0 Å². The van der Waals surface area contributed by atoms with Crippen LogP contribution in [0.3, 0.4) is 0 Å². The lowest BCUT2D eigenvalue weighted by molar-refractivity contribution is -0.148. The van der Waals surface area contributed by atoms with Crippen LogP contribution in [0.1, 0.15) is 23.0 Å². The standard InChI is InChI=1S/C28H22O3/c29-18-24-25(20-10-3-1-4-11-20)27(26(24)21-12-5-2-6-13-21)28(30)31-23-16-15-19-9-7-8-14-22(19)17-23/h1-18,24-27H/t24-,25-,26-,27-/m0/s1. The third kappa shape index (κ3) is 3.53. The topological polar surface area (TPSA) is 43.4 Å². The molecule has 0 unspecified atom stereocenters. The number of fused-ring (bicyclic) bond motifs is 1. The summed E-state index contributed by atoms with van der Waals surface area (Å²) in [5, 5.41) is 2.11. The van der Waals surface area contributed by atoms with E-state index in [4.69, 9.17) is 4.74 Å². The zero-order valence-corrected chi connectivity index (χ0v) is 16.9. The summed E-state index contributed by atoms with van der Waals surface area (Å²) in [6.45, 7) is 0. The molecular weight excluding hydrogens is 384 g/mol. The Morgan fingerprint density at radius 2 is 1.23 bits per heavy atom. The third-order valence-corrected chi connectivity index (χ3v) is 6.34. The molecule has 1 aliphatic rings. The summed E-state index contributed by atoms with van der Waals surface area (Å²) in [5.74, 6) is -0.855. The molecule has 0 radical (unpaired) electrons. The Bertz CT molecular complexity index is 1170. The van der Waals surface area contributed by atoms with Crippen molar-refractivity contribution in [3.05, 3.63) is 114 Å². The molecule has 1 saturated carbocycles. The lowest BCUT2D eigenvalue weighted by Crippen LogP contribution is -2.49. The van der Waals surface area contributed by atoms with E-state index in [9.17, 15) is 9.59 Å². The first-order valence-corrected chi connectivity index (χ1v) is 10.5. The summed E-state index contributed by atoms with van der Waals surface area (Å²) in [6.07, 6.45) is 0.995. The number of hydrogen-bond donors (Lipinski definition) is 0. The molecule has 152 valence electrons. The third-order valence-electron chi connectivity index (χ3n) is 6.34. The molecule has 0 heterocycles. The van der Waals surface area contributed by atoms with Gasteiger partial charge in [0.05, 0.1) is 5.92 Å². The van der Waals surface area contributed by atoms with Crippen molar-refractivity contribution in [2.45, 2.75) is 11.8 Å². The zero-order valence-electron chi connectivity index (χ0n) is 16.9. The van der Waals surface area contributed by atoms with Crippen LogP contribution in [0.4, 0.5) is 0 Å². The summed E-state index contributed by atoms with van der Waals surface area (Å²) in [5.41, 5.74) is 1.99. The second-order valence-electron chi connectivity index (χ2n) is 8.04. The van der Waals surface area contributed by atoms with E-state index in [-0.39, 0.29) is 23.7 Å². The lowest BCUT2D eigenvalue weighted by Gasteiger charge is -2.48. The predicted molar refractivity (Wildman–Crippen MR) is 121 cm³/mol. The molecule has 0 bridgehead atoms. The minimum absolute atomic E-state index is 0.197. The molecule has 1 fully saturated rings. The molecular formula is C28H22O3. The molecule has 4 aromatic rings. The molecule has 0 spiro atoms. The van der Waals surface area contributed by atoms with Crippen LogP contribution >= 0.6 is 0 Å². The van der Waals surface area contributed by atoms with Gasteiger partial charge < -0.3 is 9.53 Å². The highest BCUT2D eigenvalue weighted by Crippen LogP contribution is 2.57. The average molecular weight is 406 g/mol. The monoisotopic (exact) mass is 406 g/mol. The molecule has 0 amide bonds. The van der Waals surface area contributed by atoms with Crippen molar-refractivity contribution in [1.82, 2.24) is 0 Å². The number of carbonyl (C=O) groups is 2. The van der Waals surface area contributed by atoms with Crippen molar-refractivity contribution >= 4 is 23.0 Å². The van der Waals surface area contributed by atoms with Crippen LogP contribution in [0.25, 0.3) is 10.8 Å². The van der Waals surface area contributed by atoms with Crippen LogP contribution in [0, 0.1) is 11.8 Å². The Morgan fingerprint density at radius 3 is 1.81 bits per heavy atom. The van der Waals surface area contributed by atoms with Gasteiger partial charge in [-0.3, -0.25) is 4.79 Å². The number of carbonyl (C=O) groups excluding carboxylic acids is 2. The molecule has 3 heteroatoms. The fraction of sp³-hybridized carbons (Fsp3) is 0.143. The quantitative estimate of drug-likeness (QED) is 0.240. The smallest absolute Gasteiger partial charge is 0.315 e. The maximum absolute atomic E-state index is 13.4. The van der Waals surface area contributed by atoms with Crippen LogP contribution in [0.2, 0.25) is 0 Å². The van der Waals surface area contributed by atoms with E-state index in [1.54, 1.807) is 0 Å². The number of rotatable bonds is 5. The first-order valence-electron chi connectivity index (χ1n) is 10.5. The number of hydrogen-bond acceptors (Lipinski definition) is 3. The Labute approximate surface area is 181 Å². The van der Waals surface area contributed by atoms with Gasteiger partial charge in [-0.25, -0.2) is 0 Å². The van der Waals surface area contributed by atoms with Gasteiger partial charge in [0.1, 0.15) is 12.0 Å². The minimum Gasteiger partial charge on any atom is -0.426 e. The zero-order chi connectivity index (χ0) is 21.2. The first-order chi connectivity index (χ1) is 15.3. The fourth-order valence-corrected chi connectivity index (χ4v) is 4.87. The molecule has 0 N–H and O–H groups in total. The van der Waals surface area contributed by atoms with Crippen LogP contribution in [0.5, 0.6) is 5.75 Å². The van der Waals surface area contributed by atoms with E-state index in [1.807, 2.05) is 103 Å². The second kappa shape index (κ2) is 8.19. The Kier molecular flexibility index (Phi) is 5.09. The Hall–Kier alpha value is -3.72. The van der Waals surface area contributed by atoms with Gasteiger partial charge in [-0.15, -0.1) is 0 Å². The largest absolute Gasteiger partial charge is 0.426 e. The first kappa shape index (κ1) is 19.3. The van der Waals surface area contributed by atoms with E-state index < -0.39 is 5.92 Å². The van der Waals surface area contributed by atoms with Crippen molar-refractivity contribution in [1.29, 1.82) is 0 Å². The lowest BCUT2D eigenvalue weighted by atomic mass is 9.53. The van der Waals surface area contributed by atoms with Gasteiger partial charge in [0.15, 0.2) is 0 Å². The minimum atomic E-state index is -0.425. The fourth-order valence-electron chi connectivity index (χ4n) is 4.87. The summed E-state index contributed by atoms with van der Waals surface area (Å²) < 4.78 is 5.87. The molecule has 5 rings (SSSR count). The van der Waals surface area contributed by atoms with Gasteiger partial charge in [0.2, 0.25) is 0 Å². The number of esters is 1. The predicted octanol–water partition coefficient (Wildman–Crippen LogP) is 5.76. The van der Waals surface area contributed by atoms with Gasteiger partial charge in [-0.05, 0) is 34.0 Å². The summed E-state index contributed by atoms with van der Waals surface area (Å²) in [7, 11) is 0. The highest BCUT2D eigenvalue weighted by atomic mass is 16.5. The van der Waals surface area contributed by atoms with Gasteiger partial charge in [-0.2, -0.15) is 0 Å². The van der Waals surface area contributed by atoms with E-state index in [1.165, 1.54) is 0 Å². The van der Waals surface area contributed by atoms with E-state index in [0.29, 0.717) is 5.75 Å². The van der Waals surface area contributed by atoms with Gasteiger partial charge in [0.25, 0.3) is 0 Å². The van der Waals surface area contributed by atoms with E-state index in [2.05, 4.69) is 0 Å². The highest BCUT2D eigenvalue weighted by molar-refractivity contribution is 5.86. The molecule has 0 aromatic heterocycles. The molecule has 31 heavy (non-hydrogen) atoms. The van der Waals surface area contributed by atoms with Gasteiger partial charge in [-0.1, -0.05) is 91.0 Å². The van der Waals surface area contributed by atoms with Crippen LogP contribution in [-0.4, -0.2) is 12.3 Å². The van der Waals surface area contributed by atoms with Crippen LogP contribution in [0.15, 0.2) is 103 Å². The molecule has 2 atom stereocenters. The van der Waals surface area contributed by atoms with Gasteiger partial charge in [0, 0.05) is 17.8 Å². The summed E-state index contributed by atoms with van der Waals surface area (Å²) in [6, 6.07) is 33.2. The maximum Gasteiger partial charge on any atom is 0.315 e. The van der Waals surface area contributed by atoms with Crippen molar-refractivity contribution in [2.24, 2.45) is 11.8 Å². The summed E-state index contributed by atoms with van der Waals surface area (Å²) >= 11 is 0. The van der Waals surface area contributed by atoms with Crippen molar-refractivity contribution in [2.75, 3.05) is 0 Å². The number of benzene rings is 4. The Morgan fingerprint density at radius 1 is 0.677 bits per heavy atom. The second-order valence-corrected chi connectivity index (χ2v) is 8.04. The van der Waals surface area contributed by atoms with Crippen LogP contribution < -0.4 is 4.74 Å². The van der Waals surface area contributed by atoms with Crippen molar-refractivity contribution in [3.63, 3.8) is 0 Å². The van der Waals surface area contributed by atoms with Gasteiger partial charge >= 0.3 is 5.97 Å². The normalized spacial score (nSPS) is 22.5. The SMILES string of the molecule is O=C[C@H]1[C@H](c2ccccc2)[C@H](C(=O)Oc2ccc3ccccc3c2)[C@H]1c1ccccc1. The average Bonchev–Trinajstić information content (AvgIpc) is 2.80. The van der Waals surface area contributed by atoms with Crippen LogP contribution in [-0.2, 0) is 9.59 Å². The highest BCUT2D eigenvalue weighted by Gasteiger charge is 2.55. The van der Waals surface area contributed by atoms with Crippen molar-refractivity contribution in [3.8, 4) is 5.75 Å². The molecule has 0 saturated heterocycles. The maximum atomic E-state index is 13.4. The van der Waals surface area contributed by atoms with E-state index in [0.717, 1.165) is 28.2 Å². The molecule has 3 nitrogen and oxygen atoms in total. The molecule has 1 aliphatic carbocycles. The van der Waals surface area contributed by atoms with Crippen molar-refractivity contribution < 1.29 is 14.3 Å². The molecule has 0 aliphatic heterocycles. The molecule has 4 aromatic carbocycles.